The summed E-state index contributed by atoms with van der Waals surface area (Å²) in [6.07, 6.45) is 8.61. The van der Waals surface area contributed by atoms with Gasteiger partial charge in [0.1, 0.15) is 17.8 Å². The number of amides is 1. The first kappa shape index (κ1) is 16.1. The number of hydrogen-bond donors (Lipinski definition) is 2. The molecule has 1 amide bonds. The molecule has 0 unspecified atom stereocenters. The fraction of sp³-hybridized carbons (Fsp3) is 0.632. The molecule has 7 nitrogen and oxygen atoms in total. The Balaban J connectivity index is 1.35. The summed E-state index contributed by atoms with van der Waals surface area (Å²) < 4.78 is 0. The van der Waals surface area contributed by atoms with Gasteiger partial charge >= 0.3 is 0 Å². The smallest absolute Gasteiger partial charge is 0.226 e. The van der Waals surface area contributed by atoms with Crippen LogP contribution in [0, 0.1) is 5.92 Å². The number of nitrogens with zero attached hydrogens (tertiary/aromatic N) is 4. The first-order chi connectivity index (χ1) is 12.7. The van der Waals surface area contributed by atoms with Crippen LogP contribution in [0.15, 0.2) is 18.6 Å². The molecule has 2 aromatic rings. The summed E-state index contributed by atoms with van der Waals surface area (Å²) >= 11 is 0. The van der Waals surface area contributed by atoms with E-state index in [0.29, 0.717) is 5.91 Å². The van der Waals surface area contributed by atoms with E-state index in [1.165, 1.54) is 0 Å². The number of nitrogens with one attached hydrogen (secondary N) is 1. The minimum Gasteiger partial charge on any atom is -0.393 e. The summed E-state index contributed by atoms with van der Waals surface area (Å²) in [5.41, 5.74) is 0.845. The van der Waals surface area contributed by atoms with Crippen LogP contribution in [0.5, 0.6) is 0 Å². The molecule has 2 N–H and O–H groups in total. The number of anilines is 1. The van der Waals surface area contributed by atoms with Gasteiger partial charge in [-0.3, -0.25) is 4.79 Å². The van der Waals surface area contributed by atoms with E-state index in [2.05, 4.69) is 24.8 Å². The molecule has 3 heterocycles. The van der Waals surface area contributed by atoms with Crippen LogP contribution in [0.3, 0.4) is 0 Å². The highest BCUT2D eigenvalue weighted by molar-refractivity contribution is 5.87. The zero-order valence-electron chi connectivity index (χ0n) is 14.9. The molecule has 0 aromatic carbocycles. The molecule has 0 bridgehead atoms. The van der Waals surface area contributed by atoms with Gasteiger partial charge in [-0.1, -0.05) is 0 Å². The molecule has 1 aliphatic heterocycles. The SMILES string of the molecule is O=C(C1CCC(O)CC1)N1CCN(c2ncnc3[nH]ccc23)CC12CC2. The number of carbonyl (C=O) groups excluding carboxylic acids is 1. The summed E-state index contributed by atoms with van der Waals surface area (Å²) in [6, 6.07) is 2.02. The third-order valence-electron chi connectivity index (χ3n) is 6.42. The van der Waals surface area contributed by atoms with E-state index in [-0.39, 0.29) is 17.6 Å². The average Bonchev–Trinajstić information content (AvgIpc) is 3.24. The fourth-order valence-electron chi connectivity index (χ4n) is 4.73. The highest BCUT2D eigenvalue weighted by atomic mass is 16.3. The Hall–Kier alpha value is -2.15. The number of aliphatic hydroxyl groups is 1. The lowest BCUT2D eigenvalue weighted by Gasteiger charge is -2.44. The van der Waals surface area contributed by atoms with Crippen LogP contribution >= 0.6 is 0 Å². The zero-order chi connectivity index (χ0) is 17.7. The van der Waals surface area contributed by atoms with Gasteiger partial charge in [-0.2, -0.15) is 0 Å². The molecule has 5 rings (SSSR count). The van der Waals surface area contributed by atoms with E-state index in [9.17, 15) is 9.90 Å². The number of aromatic amines is 1. The molecule has 0 radical (unpaired) electrons. The van der Waals surface area contributed by atoms with Crippen LogP contribution in [-0.2, 0) is 4.79 Å². The number of carbonyl (C=O) groups is 1. The Labute approximate surface area is 152 Å². The lowest BCUT2D eigenvalue weighted by atomic mass is 9.86. The first-order valence-corrected chi connectivity index (χ1v) is 9.69. The molecule has 3 fully saturated rings. The molecule has 7 heteroatoms. The van der Waals surface area contributed by atoms with Gasteiger partial charge in [-0.05, 0) is 44.6 Å². The molecule has 2 saturated carbocycles. The number of fused-ring (bicyclic) bond motifs is 1. The van der Waals surface area contributed by atoms with Gasteiger partial charge in [-0.15, -0.1) is 0 Å². The number of H-pyrrole nitrogens is 1. The highest BCUT2D eigenvalue weighted by Gasteiger charge is 2.54. The van der Waals surface area contributed by atoms with Crippen molar-refractivity contribution in [2.75, 3.05) is 24.5 Å². The predicted molar refractivity (Wildman–Crippen MR) is 97.7 cm³/mol. The van der Waals surface area contributed by atoms with Gasteiger partial charge in [0.05, 0.1) is 17.0 Å². The Kier molecular flexibility index (Phi) is 3.67. The second kappa shape index (κ2) is 5.94. The standard InChI is InChI=1S/C19H25N5O2/c25-14-3-1-13(2-4-14)18(26)24-10-9-23(11-19(24)6-7-19)17-15-5-8-20-16(15)21-12-22-17/h5,8,12-14,25H,1-4,6-7,9-11H2,(H,20,21,22). The van der Waals surface area contributed by atoms with Crippen LogP contribution < -0.4 is 4.90 Å². The minimum atomic E-state index is -0.215. The number of aromatic nitrogens is 3. The van der Waals surface area contributed by atoms with Crippen molar-refractivity contribution < 1.29 is 9.90 Å². The van der Waals surface area contributed by atoms with Gasteiger partial charge in [0.2, 0.25) is 5.91 Å². The Morgan fingerprint density at radius 3 is 2.77 bits per heavy atom. The number of aliphatic hydroxyl groups excluding tert-OH is 1. The summed E-state index contributed by atoms with van der Waals surface area (Å²) in [7, 11) is 0. The minimum absolute atomic E-state index is 0.0149. The van der Waals surface area contributed by atoms with Gasteiger partial charge in [0.15, 0.2) is 0 Å². The van der Waals surface area contributed by atoms with Crippen molar-refractivity contribution in [2.45, 2.75) is 50.2 Å². The topological polar surface area (TPSA) is 85.3 Å². The summed E-state index contributed by atoms with van der Waals surface area (Å²) in [5.74, 6) is 1.37. The van der Waals surface area contributed by atoms with Crippen molar-refractivity contribution in [3.05, 3.63) is 18.6 Å². The maximum atomic E-state index is 13.1. The third kappa shape index (κ3) is 2.57. The van der Waals surface area contributed by atoms with Gasteiger partial charge in [0.25, 0.3) is 0 Å². The van der Waals surface area contributed by atoms with Crippen LogP contribution in [0.1, 0.15) is 38.5 Å². The van der Waals surface area contributed by atoms with Crippen molar-refractivity contribution >= 4 is 22.8 Å². The molecular weight excluding hydrogens is 330 g/mol. The van der Waals surface area contributed by atoms with Gasteiger partial charge in [-0.25, -0.2) is 9.97 Å². The van der Waals surface area contributed by atoms with Crippen LogP contribution in [-0.4, -0.2) is 62.1 Å². The van der Waals surface area contributed by atoms with Crippen LogP contribution in [0.4, 0.5) is 5.82 Å². The van der Waals surface area contributed by atoms with Crippen molar-refractivity contribution in [2.24, 2.45) is 5.92 Å². The molecule has 138 valence electrons. The van der Waals surface area contributed by atoms with E-state index in [4.69, 9.17) is 0 Å². The largest absolute Gasteiger partial charge is 0.393 e. The predicted octanol–water partition coefficient (Wildman–Crippen LogP) is 1.69. The fourth-order valence-corrected chi connectivity index (χ4v) is 4.73. The Bertz CT molecular complexity index is 822. The molecule has 1 saturated heterocycles. The third-order valence-corrected chi connectivity index (χ3v) is 6.42. The Morgan fingerprint density at radius 2 is 2.00 bits per heavy atom. The normalized spacial score (nSPS) is 27.9. The van der Waals surface area contributed by atoms with Crippen molar-refractivity contribution in [1.82, 2.24) is 19.9 Å². The molecule has 2 aromatic heterocycles. The summed E-state index contributed by atoms with van der Waals surface area (Å²) in [6.45, 7) is 2.42. The van der Waals surface area contributed by atoms with Crippen molar-refractivity contribution in [3.63, 3.8) is 0 Å². The zero-order valence-corrected chi connectivity index (χ0v) is 14.9. The van der Waals surface area contributed by atoms with E-state index in [0.717, 1.165) is 75.0 Å². The monoisotopic (exact) mass is 355 g/mol. The molecular formula is C19H25N5O2. The van der Waals surface area contributed by atoms with Crippen molar-refractivity contribution in [3.8, 4) is 0 Å². The van der Waals surface area contributed by atoms with E-state index >= 15 is 0 Å². The van der Waals surface area contributed by atoms with E-state index in [1.54, 1.807) is 6.33 Å². The summed E-state index contributed by atoms with van der Waals surface area (Å²) in [4.78, 5) is 29.6. The second-order valence-corrected chi connectivity index (χ2v) is 8.08. The Morgan fingerprint density at radius 1 is 1.19 bits per heavy atom. The molecule has 26 heavy (non-hydrogen) atoms. The summed E-state index contributed by atoms with van der Waals surface area (Å²) in [5, 5.41) is 10.8. The maximum absolute atomic E-state index is 13.1. The van der Waals surface area contributed by atoms with E-state index < -0.39 is 0 Å². The lowest BCUT2D eigenvalue weighted by Crippen LogP contribution is -2.58. The average molecular weight is 355 g/mol. The molecule has 1 spiro atoms. The maximum Gasteiger partial charge on any atom is 0.226 e. The van der Waals surface area contributed by atoms with Crippen LogP contribution in [0.25, 0.3) is 11.0 Å². The quantitative estimate of drug-likeness (QED) is 0.856. The highest BCUT2D eigenvalue weighted by Crippen LogP contribution is 2.46. The van der Waals surface area contributed by atoms with Crippen LogP contribution in [0.2, 0.25) is 0 Å². The first-order valence-electron chi connectivity index (χ1n) is 9.69. The van der Waals surface area contributed by atoms with Gasteiger partial charge in [0, 0.05) is 31.7 Å². The number of rotatable bonds is 2. The number of piperazine rings is 1. The molecule has 2 aliphatic carbocycles. The molecule has 3 aliphatic rings. The van der Waals surface area contributed by atoms with Gasteiger partial charge < -0.3 is 19.9 Å². The second-order valence-electron chi connectivity index (χ2n) is 8.08. The lowest BCUT2D eigenvalue weighted by molar-refractivity contribution is -0.141. The molecule has 0 atom stereocenters. The van der Waals surface area contributed by atoms with Crippen molar-refractivity contribution in [1.29, 1.82) is 0 Å². The number of hydrogen-bond acceptors (Lipinski definition) is 5. The van der Waals surface area contributed by atoms with E-state index in [1.807, 2.05) is 12.3 Å².